The van der Waals surface area contributed by atoms with Gasteiger partial charge in [0.05, 0.1) is 0 Å². The Hall–Kier alpha value is -2.80. The van der Waals surface area contributed by atoms with Crippen LogP contribution in [0, 0.1) is 0 Å². The third-order valence-electron chi connectivity index (χ3n) is 4.16. The molecule has 0 saturated heterocycles. The molecule has 0 amide bonds. The smallest absolute Gasteiger partial charge is 0.128 e. The molecule has 0 unspecified atom stereocenters. The lowest BCUT2D eigenvalue weighted by atomic mass is 10.1. The molecule has 0 fully saturated rings. The standard InChI is InChI=1S/C23H22O/c1-4-18-10-11-19(5-2)22(15-18)14-17(3)24-23-13-12-20-8-6-7-9-21(20)16-23/h5-16H,3-4H2,1-2H3/b19-5-,22-14-. The Morgan fingerprint density at radius 3 is 2.50 bits per heavy atom. The predicted octanol–water partition coefficient (Wildman–Crippen LogP) is 4.58. The summed E-state index contributed by atoms with van der Waals surface area (Å²) in [7, 11) is 0. The van der Waals surface area contributed by atoms with Crippen LogP contribution in [0.1, 0.15) is 19.4 Å². The van der Waals surface area contributed by atoms with Crippen molar-refractivity contribution in [3.8, 4) is 5.75 Å². The Morgan fingerprint density at radius 1 is 0.958 bits per heavy atom. The van der Waals surface area contributed by atoms with Crippen LogP contribution in [0.2, 0.25) is 0 Å². The number of fused-ring (bicyclic) bond motifs is 1. The van der Waals surface area contributed by atoms with Crippen LogP contribution in [0.5, 0.6) is 5.75 Å². The van der Waals surface area contributed by atoms with E-state index in [0.29, 0.717) is 5.76 Å². The van der Waals surface area contributed by atoms with Gasteiger partial charge < -0.3 is 4.74 Å². The minimum absolute atomic E-state index is 0.640. The maximum atomic E-state index is 5.94. The number of hydrogen-bond donors (Lipinski definition) is 0. The molecule has 0 aliphatic rings. The van der Waals surface area contributed by atoms with Crippen molar-refractivity contribution in [2.45, 2.75) is 20.3 Å². The molecule has 120 valence electrons. The summed E-state index contributed by atoms with van der Waals surface area (Å²) in [6, 6.07) is 20.9. The molecule has 0 heterocycles. The van der Waals surface area contributed by atoms with E-state index in [1.807, 2.05) is 37.3 Å². The van der Waals surface area contributed by atoms with Crippen LogP contribution < -0.4 is 15.2 Å². The number of ether oxygens (including phenoxy) is 1. The summed E-state index contributed by atoms with van der Waals surface area (Å²) in [6.07, 6.45) is 5.13. The van der Waals surface area contributed by atoms with E-state index in [1.165, 1.54) is 21.6 Å². The summed E-state index contributed by atoms with van der Waals surface area (Å²) >= 11 is 0. The number of allylic oxidation sites excluding steroid dienone is 1. The van der Waals surface area contributed by atoms with Gasteiger partial charge in [-0.3, -0.25) is 0 Å². The van der Waals surface area contributed by atoms with Gasteiger partial charge in [0.1, 0.15) is 11.5 Å². The summed E-state index contributed by atoms with van der Waals surface area (Å²) in [5.74, 6) is 1.45. The Bertz CT molecular complexity index is 996. The molecule has 0 aromatic heterocycles. The topological polar surface area (TPSA) is 9.23 Å². The van der Waals surface area contributed by atoms with Crippen LogP contribution >= 0.6 is 0 Å². The molecule has 1 nitrogen and oxygen atoms in total. The first-order chi connectivity index (χ1) is 11.7. The first kappa shape index (κ1) is 16.1. The zero-order valence-corrected chi connectivity index (χ0v) is 14.3. The predicted molar refractivity (Wildman–Crippen MR) is 103 cm³/mol. The third-order valence-corrected chi connectivity index (χ3v) is 4.16. The highest BCUT2D eigenvalue weighted by Crippen LogP contribution is 2.22. The zero-order chi connectivity index (χ0) is 16.9. The van der Waals surface area contributed by atoms with E-state index in [1.54, 1.807) is 0 Å². The highest BCUT2D eigenvalue weighted by Gasteiger charge is 1.99. The fourth-order valence-electron chi connectivity index (χ4n) is 2.82. The molecule has 3 rings (SSSR count). The second kappa shape index (κ2) is 7.18. The lowest BCUT2D eigenvalue weighted by molar-refractivity contribution is 0.456. The van der Waals surface area contributed by atoms with Crippen molar-refractivity contribution in [1.29, 1.82) is 0 Å². The van der Waals surface area contributed by atoms with Crippen LogP contribution in [0.3, 0.4) is 0 Å². The summed E-state index contributed by atoms with van der Waals surface area (Å²) in [4.78, 5) is 0. The maximum Gasteiger partial charge on any atom is 0.128 e. The van der Waals surface area contributed by atoms with Gasteiger partial charge in [0.15, 0.2) is 0 Å². The van der Waals surface area contributed by atoms with Gasteiger partial charge in [0.2, 0.25) is 0 Å². The number of aryl methyl sites for hydroxylation is 1. The average Bonchev–Trinajstić information content (AvgIpc) is 2.61. The molecule has 24 heavy (non-hydrogen) atoms. The van der Waals surface area contributed by atoms with E-state index in [0.717, 1.165) is 17.4 Å². The van der Waals surface area contributed by atoms with E-state index in [2.05, 4.69) is 56.0 Å². The first-order valence-corrected chi connectivity index (χ1v) is 8.32. The third kappa shape index (κ3) is 3.57. The van der Waals surface area contributed by atoms with Gasteiger partial charge in [-0.25, -0.2) is 0 Å². The second-order valence-electron chi connectivity index (χ2n) is 5.83. The van der Waals surface area contributed by atoms with E-state index in [-0.39, 0.29) is 0 Å². The van der Waals surface area contributed by atoms with Crippen molar-refractivity contribution in [1.82, 2.24) is 0 Å². The number of hydrogen-bond acceptors (Lipinski definition) is 1. The molecule has 0 radical (unpaired) electrons. The van der Waals surface area contributed by atoms with E-state index in [4.69, 9.17) is 4.74 Å². The van der Waals surface area contributed by atoms with Crippen LogP contribution in [0.25, 0.3) is 22.9 Å². The Morgan fingerprint density at radius 2 is 1.75 bits per heavy atom. The van der Waals surface area contributed by atoms with Gasteiger partial charge in [-0.05, 0) is 58.3 Å². The van der Waals surface area contributed by atoms with Gasteiger partial charge in [-0.2, -0.15) is 0 Å². The summed E-state index contributed by atoms with van der Waals surface area (Å²) in [6.45, 7) is 8.27. The molecule has 0 bridgehead atoms. The molecule has 0 saturated carbocycles. The molecule has 0 aliphatic carbocycles. The van der Waals surface area contributed by atoms with Gasteiger partial charge in [-0.1, -0.05) is 68.1 Å². The lowest BCUT2D eigenvalue weighted by Crippen LogP contribution is -2.25. The summed E-state index contributed by atoms with van der Waals surface area (Å²) in [5, 5.41) is 4.70. The Labute approximate surface area is 143 Å². The van der Waals surface area contributed by atoms with Gasteiger partial charge in [0, 0.05) is 0 Å². The van der Waals surface area contributed by atoms with Crippen molar-refractivity contribution in [3.63, 3.8) is 0 Å². The van der Waals surface area contributed by atoms with Crippen molar-refractivity contribution in [2.75, 3.05) is 0 Å². The molecule has 1 heteroatoms. The minimum Gasteiger partial charge on any atom is -0.458 e. The molecule has 0 atom stereocenters. The Balaban J connectivity index is 1.92. The summed E-state index contributed by atoms with van der Waals surface area (Å²) < 4.78 is 5.94. The zero-order valence-electron chi connectivity index (χ0n) is 14.3. The van der Waals surface area contributed by atoms with E-state index in [9.17, 15) is 0 Å². The average molecular weight is 314 g/mol. The number of rotatable bonds is 4. The molecule has 0 aliphatic heterocycles. The molecule has 3 aromatic rings. The van der Waals surface area contributed by atoms with E-state index >= 15 is 0 Å². The second-order valence-corrected chi connectivity index (χ2v) is 5.83. The molecular formula is C23H22O. The van der Waals surface area contributed by atoms with Crippen molar-refractivity contribution >= 4 is 22.9 Å². The normalized spacial score (nSPS) is 12.6. The lowest BCUT2D eigenvalue weighted by Gasteiger charge is -2.07. The van der Waals surface area contributed by atoms with Crippen LogP contribution in [0.4, 0.5) is 0 Å². The Kier molecular flexibility index (Phi) is 4.81. The van der Waals surface area contributed by atoms with Crippen LogP contribution in [-0.2, 0) is 6.42 Å². The fraction of sp³-hybridized carbons (Fsp3) is 0.130. The monoisotopic (exact) mass is 314 g/mol. The van der Waals surface area contributed by atoms with Gasteiger partial charge >= 0.3 is 0 Å². The van der Waals surface area contributed by atoms with Gasteiger partial charge in [0.25, 0.3) is 0 Å². The molecule has 3 aromatic carbocycles. The molecule has 0 N–H and O–H groups in total. The minimum atomic E-state index is 0.640. The SMILES string of the molecule is C=C(/C=c1/cc(CC)cc/c1=C/C)Oc1ccc2ccccc2c1. The highest BCUT2D eigenvalue weighted by atomic mass is 16.5. The fourth-order valence-corrected chi connectivity index (χ4v) is 2.82. The number of benzene rings is 3. The van der Waals surface area contributed by atoms with Crippen LogP contribution in [0.15, 0.2) is 73.0 Å². The largest absolute Gasteiger partial charge is 0.458 e. The maximum absolute atomic E-state index is 5.94. The van der Waals surface area contributed by atoms with E-state index < -0.39 is 0 Å². The van der Waals surface area contributed by atoms with Crippen LogP contribution in [-0.4, -0.2) is 0 Å². The summed E-state index contributed by atoms with van der Waals surface area (Å²) in [5.41, 5.74) is 1.31. The molecule has 0 spiro atoms. The van der Waals surface area contributed by atoms with Crippen molar-refractivity contribution in [2.24, 2.45) is 0 Å². The highest BCUT2D eigenvalue weighted by molar-refractivity contribution is 5.83. The van der Waals surface area contributed by atoms with Crippen molar-refractivity contribution < 1.29 is 4.74 Å². The first-order valence-electron chi connectivity index (χ1n) is 8.32. The quantitative estimate of drug-likeness (QED) is 0.641. The van der Waals surface area contributed by atoms with Gasteiger partial charge in [-0.15, -0.1) is 0 Å². The molecular weight excluding hydrogens is 292 g/mol. The van der Waals surface area contributed by atoms with Crippen molar-refractivity contribution in [3.05, 3.63) is 89.0 Å².